The van der Waals surface area contributed by atoms with E-state index in [2.05, 4.69) is 26.3 Å². The number of aryl methyl sites for hydroxylation is 2. The molecule has 1 fully saturated rings. The van der Waals surface area contributed by atoms with Crippen molar-refractivity contribution in [2.24, 2.45) is 0 Å². The number of carboxylic acid groups (broad SMARTS) is 1. The first kappa shape index (κ1) is 22.3. The number of thioether (sulfide) groups is 1. The number of amides is 2. The molecule has 0 aromatic carbocycles. The van der Waals surface area contributed by atoms with E-state index in [-0.39, 0.29) is 30.4 Å². The summed E-state index contributed by atoms with van der Waals surface area (Å²) in [6, 6.07) is -0.792. The number of carbonyl (C=O) groups is 4. The van der Waals surface area contributed by atoms with Gasteiger partial charge in [0.15, 0.2) is 0 Å². The highest BCUT2D eigenvalue weighted by molar-refractivity contribution is 9.10. The number of rotatable bonds is 7. The van der Waals surface area contributed by atoms with E-state index in [0.717, 1.165) is 20.8 Å². The number of nitrogens with one attached hydrogen (secondary N) is 1. The normalized spacial score (nSPS) is 20.5. The van der Waals surface area contributed by atoms with E-state index in [4.69, 9.17) is 4.74 Å². The highest BCUT2D eigenvalue weighted by atomic mass is 79.9. The zero-order valence-electron chi connectivity index (χ0n) is 16.6. The van der Waals surface area contributed by atoms with Gasteiger partial charge in [-0.2, -0.15) is 5.10 Å². The summed E-state index contributed by atoms with van der Waals surface area (Å²) >= 11 is 4.76. The molecule has 0 unspecified atom stereocenters. The van der Waals surface area contributed by atoms with Crippen LogP contribution in [0.4, 0.5) is 0 Å². The van der Waals surface area contributed by atoms with Gasteiger partial charge in [0.2, 0.25) is 5.91 Å². The molecule has 3 heterocycles. The number of esters is 1. The number of β-lactam (4-membered cyclic amide) rings is 1. The molecule has 0 spiro atoms. The van der Waals surface area contributed by atoms with Crippen molar-refractivity contribution in [2.45, 2.75) is 45.2 Å². The summed E-state index contributed by atoms with van der Waals surface area (Å²) in [5, 5.41) is 16.1. The molecule has 1 saturated heterocycles. The van der Waals surface area contributed by atoms with Crippen LogP contribution in [-0.2, 0) is 30.5 Å². The van der Waals surface area contributed by atoms with Gasteiger partial charge in [0.1, 0.15) is 23.7 Å². The Hall–Kier alpha value is -2.34. The van der Waals surface area contributed by atoms with E-state index in [0.29, 0.717) is 12.1 Å². The van der Waals surface area contributed by atoms with E-state index < -0.39 is 29.3 Å². The van der Waals surface area contributed by atoms with Crippen LogP contribution in [0.1, 0.15) is 24.7 Å². The van der Waals surface area contributed by atoms with Crippen molar-refractivity contribution in [3.63, 3.8) is 0 Å². The highest BCUT2D eigenvalue weighted by Gasteiger charge is 2.54. The molecule has 0 bridgehead atoms. The molecule has 12 heteroatoms. The van der Waals surface area contributed by atoms with Gasteiger partial charge < -0.3 is 15.2 Å². The molecule has 10 nitrogen and oxygen atoms in total. The number of nitrogens with zero attached hydrogens (tertiary/aromatic N) is 3. The SMILES string of the molecule is CC(=O)OCC1=C(C(=O)O)N2C(=O)[C@H](NC(=O)CCn3nc(C)c(Br)c3C)[C@@H]2SC1. The van der Waals surface area contributed by atoms with Gasteiger partial charge in [-0.25, -0.2) is 4.79 Å². The third-order valence-corrected chi connectivity index (χ3v) is 7.35. The number of fused-ring (bicyclic) bond motifs is 1. The molecule has 30 heavy (non-hydrogen) atoms. The van der Waals surface area contributed by atoms with Gasteiger partial charge in [0, 0.05) is 30.4 Å². The lowest BCUT2D eigenvalue weighted by Gasteiger charge is -2.49. The van der Waals surface area contributed by atoms with Gasteiger partial charge in [-0.15, -0.1) is 11.8 Å². The number of aliphatic carboxylic acids is 1. The average molecular weight is 501 g/mol. The van der Waals surface area contributed by atoms with Crippen molar-refractivity contribution in [3.05, 3.63) is 27.1 Å². The van der Waals surface area contributed by atoms with Crippen molar-refractivity contribution < 1.29 is 29.0 Å². The Bertz CT molecular complexity index is 959. The van der Waals surface area contributed by atoms with E-state index in [1.807, 2.05) is 13.8 Å². The van der Waals surface area contributed by atoms with Crippen LogP contribution in [-0.4, -0.2) is 67.3 Å². The van der Waals surface area contributed by atoms with Crippen molar-refractivity contribution in [1.82, 2.24) is 20.0 Å². The smallest absolute Gasteiger partial charge is 0.352 e. The van der Waals surface area contributed by atoms with Crippen LogP contribution in [0.2, 0.25) is 0 Å². The molecule has 0 saturated carbocycles. The molecule has 1 aromatic heterocycles. The minimum absolute atomic E-state index is 0.134. The zero-order chi connectivity index (χ0) is 22.2. The second-order valence-electron chi connectivity index (χ2n) is 6.95. The van der Waals surface area contributed by atoms with Crippen LogP contribution in [0.25, 0.3) is 0 Å². The third-order valence-electron chi connectivity index (χ3n) is 4.86. The lowest BCUT2D eigenvalue weighted by atomic mass is 10.0. The van der Waals surface area contributed by atoms with Crippen LogP contribution in [0.15, 0.2) is 15.7 Å². The van der Waals surface area contributed by atoms with E-state index in [9.17, 15) is 24.3 Å². The lowest BCUT2D eigenvalue weighted by molar-refractivity contribution is -0.151. The molecule has 162 valence electrons. The fourth-order valence-corrected chi connectivity index (χ4v) is 4.94. The quantitative estimate of drug-likeness (QED) is 0.417. The number of hydrogen-bond donors (Lipinski definition) is 2. The molecule has 1 aromatic rings. The van der Waals surface area contributed by atoms with Crippen LogP contribution >= 0.6 is 27.7 Å². The Morgan fingerprint density at radius 3 is 2.63 bits per heavy atom. The van der Waals surface area contributed by atoms with E-state index in [1.165, 1.54) is 18.7 Å². The maximum Gasteiger partial charge on any atom is 0.352 e. The molecular formula is C18H21BrN4O6S. The molecular weight excluding hydrogens is 480 g/mol. The van der Waals surface area contributed by atoms with Gasteiger partial charge >= 0.3 is 11.9 Å². The Balaban J connectivity index is 1.63. The van der Waals surface area contributed by atoms with E-state index in [1.54, 1.807) is 4.68 Å². The average Bonchev–Trinajstić information content (AvgIpc) is 2.94. The lowest BCUT2D eigenvalue weighted by Crippen LogP contribution is -2.70. The van der Waals surface area contributed by atoms with Crippen LogP contribution < -0.4 is 5.32 Å². The zero-order valence-corrected chi connectivity index (χ0v) is 19.0. The van der Waals surface area contributed by atoms with Crippen LogP contribution in [0, 0.1) is 13.8 Å². The third kappa shape index (κ3) is 4.24. The van der Waals surface area contributed by atoms with Gasteiger partial charge in [-0.1, -0.05) is 0 Å². The van der Waals surface area contributed by atoms with Gasteiger partial charge in [0.05, 0.1) is 16.7 Å². The Morgan fingerprint density at radius 1 is 1.37 bits per heavy atom. The fourth-order valence-electron chi connectivity index (χ4n) is 3.33. The predicted molar refractivity (Wildman–Crippen MR) is 110 cm³/mol. The minimum Gasteiger partial charge on any atom is -0.477 e. The minimum atomic E-state index is -1.27. The van der Waals surface area contributed by atoms with Crippen molar-refractivity contribution in [1.29, 1.82) is 0 Å². The van der Waals surface area contributed by atoms with Crippen molar-refractivity contribution in [2.75, 3.05) is 12.4 Å². The number of hydrogen-bond acceptors (Lipinski definition) is 7. The summed E-state index contributed by atoms with van der Waals surface area (Å²) in [5.74, 6) is -2.32. The Morgan fingerprint density at radius 2 is 2.07 bits per heavy atom. The maximum atomic E-state index is 12.6. The highest BCUT2D eigenvalue weighted by Crippen LogP contribution is 2.40. The molecule has 2 N–H and O–H groups in total. The number of halogens is 1. The second-order valence-corrected chi connectivity index (χ2v) is 8.85. The molecule has 2 aliphatic heterocycles. The second kappa shape index (κ2) is 8.80. The Labute approximate surface area is 185 Å². The monoisotopic (exact) mass is 500 g/mol. The van der Waals surface area contributed by atoms with Crippen molar-refractivity contribution in [3.8, 4) is 0 Å². The topological polar surface area (TPSA) is 131 Å². The Kier molecular flexibility index (Phi) is 6.56. The summed E-state index contributed by atoms with van der Waals surface area (Å²) in [5.41, 5.74) is 1.91. The number of aromatic nitrogens is 2. The van der Waals surface area contributed by atoms with Gasteiger partial charge in [-0.05, 0) is 29.8 Å². The van der Waals surface area contributed by atoms with Gasteiger partial charge in [-0.3, -0.25) is 24.0 Å². The van der Waals surface area contributed by atoms with Gasteiger partial charge in [0.25, 0.3) is 5.91 Å². The largest absolute Gasteiger partial charge is 0.477 e. The van der Waals surface area contributed by atoms with Crippen LogP contribution in [0.5, 0.6) is 0 Å². The number of carbonyl (C=O) groups excluding carboxylic acids is 3. The first-order valence-corrected chi connectivity index (χ1v) is 11.0. The van der Waals surface area contributed by atoms with E-state index >= 15 is 0 Å². The maximum absolute atomic E-state index is 12.6. The fraction of sp³-hybridized carbons (Fsp3) is 0.500. The predicted octanol–water partition coefficient (Wildman–Crippen LogP) is 0.954. The number of carboxylic acids is 1. The summed E-state index contributed by atoms with van der Waals surface area (Å²) in [6.07, 6.45) is 0.134. The standard InChI is InChI=1S/C18H21BrN4O6S/c1-8-13(19)9(2)22(21-8)5-4-12(25)20-14-16(26)23-15(18(27)28)11(6-29-10(3)24)7-30-17(14)23/h14,17H,4-7H2,1-3H3,(H,20,25)(H,27,28)/t14-,17-/m0/s1. The first-order valence-electron chi connectivity index (χ1n) is 9.14. The summed E-state index contributed by atoms with van der Waals surface area (Å²) in [7, 11) is 0. The number of ether oxygens (including phenoxy) is 1. The summed E-state index contributed by atoms with van der Waals surface area (Å²) in [6.45, 7) is 5.15. The molecule has 2 aliphatic rings. The first-order chi connectivity index (χ1) is 14.1. The molecule has 2 atom stereocenters. The molecule has 0 radical (unpaired) electrons. The molecule has 0 aliphatic carbocycles. The molecule has 3 rings (SSSR count). The summed E-state index contributed by atoms with van der Waals surface area (Å²) in [4.78, 5) is 48.8. The summed E-state index contributed by atoms with van der Waals surface area (Å²) < 4.78 is 7.51. The van der Waals surface area contributed by atoms with Crippen molar-refractivity contribution >= 4 is 51.4 Å². The molecule has 2 amide bonds. The van der Waals surface area contributed by atoms with Crippen LogP contribution in [0.3, 0.4) is 0 Å².